The number of furan rings is 1. The van der Waals surface area contributed by atoms with Crippen LogP contribution in [0.2, 0.25) is 0 Å². The van der Waals surface area contributed by atoms with E-state index in [1.807, 2.05) is 28.8 Å². The number of nitrogens with zero attached hydrogens (tertiary/aromatic N) is 3. The number of unbranched alkanes of at least 4 members (excludes halogenated alkanes) is 2. The summed E-state index contributed by atoms with van der Waals surface area (Å²) in [5, 5.41) is 0. The molecule has 29 heavy (non-hydrogen) atoms. The summed E-state index contributed by atoms with van der Waals surface area (Å²) in [5.74, 6) is -0.761. The van der Waals surface area contributed by atoms with Crippen molar-refractivity contribution in [2.24, 2.45) is 5.92 Å². The van der Waals surface area contributed by atoms with Crippen molar-refractivity contribution in [1.29, 1.82) is 0 Å². The highest BCUT2D eigenvalue weighted by molar-refractivity contribution is 6.08. The molecule has 3 aromatic rings. The van der Waals surface area contributed by atoms with Gasteiger partial charge in [0.05, 0.1) is 23.9 Å². The molecule has 0 fully saturated rings. The van der Waals surface area contributed by atoms with Gasteiger partial charge in [-0.25, -0.2) is 4.98 Å². The standard InChI is InChI=1S/C22H25N3O4/c1-3-5-8-13-24-20(26)18(21(27)28-4-2)19(17-12-9-14-29-17)25-16-11-7-6-10-15(16)23-22(24)25/h6-7,9-12,14,18-19H,3-5,8,13H2,1-2H3/t18-,19+/m0/s1. The maximum atomic E-state index is 13.5. The van der Waals surface area contributed by atoms with Gasteiger partial charge in [0.1, 0.15) is 11.8 Å². The molecule has 3 heterocycles. The Hall–Kier alpha value is -3.09. The predicted octanol–water partition coefficient (Wildman–Crippen LogP) is 3.93. The van der Waals surface area contributed by atoms with E-state index in [1.54, 1.807) is 30.2 Å². The molecule has 1 aromatic carbocycles. The summed E-state index contributed by atoms with van der Waals surface area (Å²) >= 11 is 0. The normalized spacial score (nSPS) is 18.8. The number of hydrogen-bond acceptors (Lipinski definition) is 5. The number of ether oxygens (including phenoxy) is 1. The SMILES string of the molecule is CCCCCN1C(=O)[C@@H](C(=O)OCC)[C@@H](c2ccco2)n2c1nc1ccccc12. The molecule has 1 aliphatic heterocycles. The van der Waals surface area contributed by atoms with Crippen molar-refractivity contribution in [2.75, 3.05) is 18.1 Å². The largest absolute Gasteiger partial charge is 0.467 e. The van der Waals surface area contributed by atoms with Gasteiger partial charge in [0.25, 0.3) is 0 Å². The minimum atomic E-state index is -1.02. The molecule has 0 unspecified atom stereocenters. The van der Waals surface area contributed by atoms with E-state index in [4.69, 9.17) is 14.1 Å². The van der Waals surface area contributed by atoms with Crippen LogP contribution in [0.5, 0.6) is 0 Å². The molecule has 2 atom stereocenters. The highest BCUT2D eigenvalue weighted by Gasteiger charge is 2.48. The maximum Gasteiger partial charge on any atom is 0.321 e. The third-order valence-corrected chi connectivity index (χ3v) is 5.31. The van der Waals surface area contributed by atoms with Crippen LogP contribution in [0.1, 0.15) is 44.9 Å². The van der Waals surface area contributed by atoms with Crippen LogP contribution < -0.4 is 4.90 Å². The average molecular weight is 395 g/mol. The van der Waals surface area contributed by atoms with Crippen molar-refractivity contribution in [1.82, 2.24) is 9.55 Å². The lowest BCUT2D eigenvalue weighted by molar-refractivity contribution is -0.153. The lowest BCUT2D eigenvalue weighted by Crippen LogP contribution is -2.50. The molecule has 0 bridgehead atoms. The molecule has 0 radical (unpaired) electrons. The number of carbonyl (C=O) groups excluding carboxylic acids is 2. The summed E-state index contributed by atoms with van der Waals surface area (Å²) in [4.78, 5) is 32.8. The van der Waals surface area contributed by atoms with Crippen molar-refractivity contribution in [3.05, 3.63) is 48.4 Å². The molecule has 0 aliphatic carbocycles. The number of esters is 1. The van der Waals surface area contributed by atoms with E-state index in [9.17, 15) is 9.59 Å². The Morgan fingerprint density at radius 2 is 2.00 bits per heavy atom. The number of para-hydroxylation sites is 2. The first-order valence-electron chi connectivity index (χ1n) is 10.2. The van der Waals surface area contributed by atoms with Crippen molar-refractivity contribution in [3.8, 4) is 0 Å². The van der Waals surface area contributed by atoms with Gasteiger partial charge in [0, 0.05) is 6.54 Å². The fourth-order valence-electron chi connectivity index (χ4n) is 3.99. The first-order chi connectivity index (χ1) is 14.2. The fourth-order valence-corrected chi connectivity index (χ4v) is 3.99. The zero-order valence-electron chi connectivity index (χ0n) is 16.7. The van der Waals surface area contributed by atoms with E-state index in [-0.39, 0.29) is 12.5 Å². The van der Waals surface area contributed by atoms with Crippen LogP contribution in [0.15, 0.2) is 47.1 Å². The van der Waals surface area contributed by atoms with Crippen molar-refractivity contribution >= 4 is 28.9 Å². The molecule has 1 amide bonds. The molecule has 7 heteroatoms. The summed E-state index contributed by atoms with van der Waals surface area (Å²) in [6.45, 7) is 4.57. The van der Waals surface area contributed by atoms with Gasteiger partial charge in [-0.2, -0.15) is 0 Å². The topological polar surface area (TPSA) is 77.6 Å². The third-order valence-electron chi connectivity index (χ3n) is 5.31. The molecule has 1 aliphatic rings. The second-order valence-corrected chi connectivity index (χ2v) is 7.16. The van der Waals surface area contributed by atoms with E-state index < -0.39 is 17.9 Å². The number of fused-ring (bicyclic) bond motifs is 3. The highest BCUT2D eigenvalue weighted by Crippen LogP contribution is 2.41. The number of hydrogen-bond donors (Lipinski definition) is 0. The van der Waals surface area contributed by atoms with Crippen LogP contribution in [0.25, 0.3) is 11.0 Å². The van der Waals surface area contributed by atoms with Crippen molar-refractivity contribution < 1.29 is 18.7 Å². The summed E-state index contributed by atoms with van der Waals surface area (Å²) in [6.07, 6.45) is 4.42. The second kappa shape index (κ2) is 8.11. The molecular formula is C22H25N3O4. The maximum absolute atomic E-state index is 13.5. The summed E-state index contributed by atoms with van der Waals surface area (Å²) in [5.41, 5.74) is 1.63. The first-order valence-corrected chi connectivity index (χ1v) is 10.2. The zero-order chi connectivity index (χ0) is 20.4. The lowest BCUT2D eigenvalue weighted by Gasteiger charge is -2.36. The minimum absolute atomic E-state index is 0.209. The van der Waals surface area contributed by atoms with Gasteiger partial charge >= 0.3 is 5.97 Å². The Labute approximate surface area is 169 Å². The molecule has 0 saturated heterocycles. The number of amides is 1. The Bertz CT molecular complexity index is 1010. The number of anilines is 1. The number of rotatable bonds is 7. The van der Waals surface area contributed by atoms with E-state index in [0.717, 1.165) is 30.3 Å². The Balaban J connectivity index is 1.91. The molecule has 7 nitrogen and oxygen atoms in total. The van der Waals surface area contributed by atoms with Crippen LogP contribution in [-0.2, 0) is 14.3 Å². The molecule has 2 aromatic heterocycles. The van der Waals surface area contributed by atoms with Crippen LogP contribution in [0.3, 0.4) is 0 Å². The predicted molar refractivity (Wildman–Crippen MR) is 109 cm³/mol. The Morgan fingerprint density at radius 3 is 2.72 bits per heavy atom. The van der Waals surface area contributed by atoms with Crippen molar-refractivity contribution in [3.63, 3.8) is 0 Å². The zero-order valence-corrected chi connectivity index (χ0v) is 16.7. The van der Waals surface area contributed by atoms with Gasteiger partial charge < -0.3 is 9.15 Å². The molecule has 0 N–H and O–H groups in total. The second-order valence-electron chi connectivity index (χ2n) is 7.16. The van der Waals surface area contributed by atoms with Crippen LogP contribution in [0, 0.1) is 5.92 Å². The van der Waals surface area contributed by atoms with E-state index >= 15 is 0 Å². The number of carbonyl (C=O) groups is 2. The monoisotopic (exact) mass is 395 g/mol. The molecule has 4 rings (SSSR count). The minimum Gasteiger partial charge on any atom is -0.467 e. The highest BCUT2D eigenvalue weighted by atomic mass is 16.5. The van der Waals surface area contributed by atoms with Gasteiger partial charge in [-0.1, -0.05) is 31.9 Å². The smallest absolute Gasteiger partial charge is 0.321 e. The number of benzene rings is 1. The lowest BCUT2D eigenvalue weighted by atomic mass is 9.93. The van der Waals surface area contributed by atoms with Crippen LogP contribution in [0.4, 0.5) is 5.95 Å². The van der Waals surface area contributed by atoms with E-state index in [0.29, 0.717) is 18.3 Å². The van der Waals surface area contributed by atoms with Gasteiger partial charge in [0.15, 0.2) is 5.92 Å². The van der Waals surface area contributed by atoms with Crippen molar-refractivity contribution in [2.45, 2.75) is 39.2 Å². The van der Waals surface area contributed by atoms with E-state index in [2.05, 4.69) is 6.92 Å². The van der Waals surface area contributed by atoms with E-state index in [1.165, 1.54) is 0 Å². The fraction of sp³-hybridized carbons (Fsp3) is 0.409. The summed E-state index contributed by atoms with van der Waals surface area (Å²) in [6, 6.07) is 10.6. The van der Waals surface area contributed by atoms with Gasteiger partial charge in [-0.3, -0.25) is 19.1 Å². The molecule has 0 saturated carbocycles. The Morgan fingerprint density at radius 1 is 1.17 bits per heavy atom. The summed E-state index contributed by atoms with van der Waals surface area (Å²) < 4.78 is 12.9. The van der Waals surface area contributed by atoms with Crippen LogP contribution >= 0.6 is 0 Å². The summed E-state index contributed by atoms with van der Waals surface area (Å²) in [7, 11) is 0. The molecule has 152 valence electrons. The van der Waals surface area contributed by atoms with Gasteiger partial charge in [-0.15, -0.1) is 0 Å². The van der Waals surface area contributed by atoms with Gasteiger partial charge in [0.2, 0.25) is 11.9 Å². The Kier molecular flexibility index (Phi) is 5.38. The molecular weight excluding hydrogens is 370 g/mol. The first kappa shape index (κ1) is 19.2. The quantitative estimate of drug-likeness (QED) is 0.344. The third kappa shape index (κ3) is 3.30. The van der Waals surface area contributed by atoms with Gasteiger partial charge in [-0.05, 0) is 37.6 Å². The molecule has 0 spiro atoms. The van der Waals surface area contributed by atoms with Crippen LogP contribution in [-0.4, -0.2) is 34.6 Å². The average Bonchev–Trinajstić information content (AvgIpc) is 3.37. The number of imidazole rings is 1. The number of aromatic nitrogens is 2.